The van der Waals surface area contributed by atoms with Gasteiger partial charge in [-0.05, 0) is 43.3 Å². The van der Waals surface area contributed by atoms with Gasteiger partial charge >= 0.3 is 0 Å². The number of ether oxygens (including phenoxy) is 1. The Balaban J connectivity index is 1.53. The number of nitrogens with one attached hydrogen (secondary N) is 1. The number of anilines is 1. The summed E-state index contributed by atoms with van der Waals surface area (Å²) in [5, 5.41) is 9.05. The van der Waals surface area contributed by atoms with E-state index in [9.17, 15) is 4.79 Å². The molecule has 0 fully saturated rings. The second-order valence-electron chi connectivity index (χ2n) is 5.96. The molecular formula is C19H14Cl2N4O2S. The number of hydrogen-bond donors (Lipinski definition) is 1. The van der Waals surface area contributed by atoms with Gasteiger partial charge in [-0.3, -0.25) is 4.79 Å². The highest BCUT2D eigenvalue weighted by atomic mass is 35.5. The molecule has 0 radical (unpaired) electrons. The molecule has 4 rings (SSSR count). The van der Waals surface area contributed by atoms with Crippen molar-refractivity contribution in [3.63, 3.8) is 0 Å². The fourth-order valence-electron chi connectivity index (χ4n) is 2.59. The average Bonchev–Trinajstić information content (AvgIpc) is 3.25. The summed E-state index contributed by atoms with van der Waals surface area (Å²) in [5.74, 6) is 0.762. The van der Waals surface area contributed by atoms with Crippen LogP contribution < -0.4 is 10.1 Å². The number of benzene rings is 2. The first-order chi connectivity index (χ1) is 13.5. The van der Waals surface area contributed by atoms with Gasteiger partial charge in [0.1, 0.15) is 17.1 Å². The van der Waals surface area contributed by atoms with Crippen molar-refractivity contribution in [2.24, 2.45) is 0 Å². The minimum atomic E-state index is -0.310. The Morgan fingerprint density at radius 1 is 1.21 bits per heavy atom. The van der Waals surface area contributed by atoms with Crippen molar-refractivity contribution in [3.8, 4) is 10.9 Å². The maximum atomic E-state index is 12.3. The largest absolute Gasteiger partial charge is 0.484 e. The Hall–Kier alpha value is -2.61. The number of amides is 1. The molecule has 0 bridgehead atoms. The van der Waals surface area contributed by atoms with E-state index in [2.05, 4.69) is 15.4 Å². The van der Waals surface area contributed by atoms with Gasteiger partial charge in [0.2, 0.25) is 5.13 Å². The number of rotatable bonds is 5. The second kappa shape index (κ2) is 7.79. The number of thiazole rings is 1. The lowest BCUT2D eigenvalue weighted by molar-refractivity contribution is -0.118. The number of para-hydroxylation sites is 1. The van der Waals surface area contributed by atoms with Gasteiger partial charge < -0.3 is 10.1 Å². The summed E-state index contributed by atoms with van der Waals surface area (Å²) in [6.07, 6.45) is 0. The van der Waals surface area contributed by atoms with Crippen molar-refractivity contribution < 1.29 is 9.53 Å². The van der Waals surface area contributed by atoms with Crippen LogP contribution in [0.1, 0.15) is 5.69 Å². The third-order valence-corrected chi connectivity index (χ3v) is 5.38. The molecule has 9 heteroatoms. The second-order valence-corrected chi connectivity index (χ2v) is 7.81. The Labute approximate surface area is 174 Å². The predicted molar refractivity (Wildman–Crippen MR) is 112 cm³/mol. The fraction of sp³-hybridized carbons (Fsp3) is 0.105. The molecule has 0 saturated heterocycles. The molecule has 0 unspecified atom stereocenters. The van der Waals surface area contributed by atoms with Gasteiger partial charge in [0.25, 0.3) is 5.91 Å². The molecule has 0 atom stereocenters. The standard InChI is InChI=1S/C19H14Cl2N4O2S/c1-11-9-16(22-17(26)10-27-13-7-5-12(20)6-8-13)25(24-11)19-23-18-14(21)3-2-4-15(18)28-19/h2-9H,10H2,1H3,(H,22,26). The van der Waals surface area contributed by atoms with Crippen LogP contribution in [0.5, 0.6) is 5.75 Å². The number of fused-ring (bicyclic) bond motifs is 1. The lowest BCUT2D eigenvalue weighted by Gasteiger charge is -2.08. The van der Waals surface area contributed by atoms with Gasteiger partial charge in [0.15, 0.2) is 6.61 Å². The molecule has 2 aromatic carbocycles. The van der Waals surface area contributed by atoms with Gasteiger partial charge in [0, 0.05) is 11.1 Å². The molecule has 0 saturated carbocycles. The first-order valence-corrected chi connectivity index (χ1v) is 9.87. The molecule has 1 amide bonds. The molecule has 0 aliphatic heterocycles. The average molecular weight is 433 g/mol. The number of aryl methyl sites for hydroxylation is 1. The van der Waals surface area contributed by atoms with Crippen LogP contribution >= 0.6 is 34.5 Å². The van der Waals surface area contributed by atoms with Crippen LogP contribution in [0, 0.1) is 6.92 Å². The van der Waals surface area contributed by atoms with Crippen molar-refractivity contribution in [2.45, 2.75) is 6.92 Å². The van der Waals surface area contributed by atoms with Crippen molar-refractivity contribution in [2.75, 3.05) is 11.9 Å². The molecular weight excluding hydrogens is 419 g/mol. The topological polar surface area (TPSA) is 69.0 Å². The SMILES string of the molecule is Cc1cc(NC(=O)COc2ccc(Cl)cc2)n(-c2nc3c(Cl)cccc3s2)n1. The third-order valence-electron chi connectivity index (χ3n) is 3.82. The molecule has 1 N–H and O–H groups in total. The Kier molecular flexibility index (Phi) is 5.21. The zero-order valence-corrected chi connectivity index (χ0v) is 17.0. The number of hydrogen-bond acceptors (Lipinski definition) is 5. The summed E-state index contributed by atoms with van der Waals surface area (Å²) >= 11 is 13.5. The summed E-state index contributed by atoms with van der Waals surface area (Å²) in [6, 6.07) is 14.2. The normalized spacial score (nSPS) is 11.0. The quantitative estimate of drug-likeness (QED) is 0.475. The molecule has 4 aromatic rings. The van der Waals surface area contributed by atoms with Crippen LogP contribution in [-0.2, 0) is 4.79 Å². The predicted octanol–water partition coefficient (Wildman–Crippen LogP) is 5.11. The number of carbonyl (C=O) groups excluding carboxylic acids is 1. The van der Waals surface area contributed by atoms with Gasteiger partial charge in [-0.2, -0.15) is 9.78 Å². The van der Waals surface area contributed by atoms with E-state index in [1.165, 1.54) is 11.3 Å². The van der Waals surface area contributed by atoms with E-state index >= 15 is 0 Å². The van der Waals surface area contributed by atoms with E-state index in [1.54, 1.807) is 41.1 Å². The fourth-order valence-corrected chi connectivity index (χ4v) is 3.94. The van der Waals surface area contributed by atoms with Gasteiger partial charge in [-0.1, -0.05) is 40.6 Å². The summed E-state index contributed by atoms with van der Waals surface area (Å²) in [4.78, 5) is 16.9. The van der Waals surface area contributed by atoms with Crippen molar-refractivity contribution in [1.82, 2.24) is 14.8 Å². The minimum Gasteiger partial charge on any atom is -0.484 e. The highest BCUT2D eigenvalue weighted by Gasteiger charge is 2.15. The molecule has 0 aliphatic carbocycles. The smallest absolute Gasteiger partial charge is 0.263 e. The van der Waals surface area contributed by atoms with Crippen LogP contribution in [-0.4, -0.2) is 27.3 Å². The van der Waals surface area contributed by atoms with Crippen molar-refractivity contribution in [1.29, 1.82) is 0 Å². The highest BCUT2D eigenvalue weighted by Crippen LogP contribution is 2.31. The van der Waals surface area contributed by atoms with Crippen LogP contribution in [0.4, 0.5) is 5.82 Å². The Morgan fingerprint density at radius 3 is 2.75 bits per heavy atom. The molecule has 142 valence electrons. The zero-order valence-electron chi connectivity index (χ0n) is 14.6. The van der Waals surface area contributed by atoms with Crippen LogP contribution in [0.3, 0.4) is 0 Å². The maximum Gasteiger partial charge on any atom is 0.263 e. The number of nitrogens with zero attached hydrogens (tertiary/aromatic N) is 3. The maximum absolute atomic E-state index is 12.3. The van der Waals surface area contributed by atoms with Crippen molar-refractivity contribution in [3.05, 3.63) is 64.3 Å². The van der Waals surface area contributed by atoms with E-state index in [4.69, 9.17) is 27.9 Å². The number of aromatic nitrogens is 3. The summed E-state index contributed by atoms with van der Waals surface area (Å²) in [7, 11) is 0. The molecule has 6 nitrogen and oxygen atoms in total. The van der Waals surface area contributed by atoms with Crippen LogP contribution in [0.2, 0.25) is 10.0 Å². The van der Waals surface area contributed by atoms with E-state index in [1.807, 2.05) is 19.1 Å². The third kappa shape index (κ3) is 3.96. The molecule has 0 aliphatic rings. The highest BCUT2D eigenvalue weighted by molar-refractivity contribution is 7.20. The number of carbonyl (C=O) groups is 1. The van der Waals surface area contributed by atoms with E-state index in [0.717, 1.165) is 10.4 Å². The van der Waals surface area contributed by atoms with Crippen LogP contribution in [0.15, 0.2) is 48.5 Å². The van der Waals surface area contributed by atoms with E-state index in [-0.39, 0.29) is 12.5 Å². The lowest BCUT2D eigenvalue weighted by atomic mass is 10.3. The lowest BCUT2D eigenvalue weighted by Crippen LogP contribution is -2.21. The minimum absolute atomic E-state index is 0.141. The first kappa shape index (κ1) is 18.7. The van der Waals surface area contributed by atoms with Crippen LogP contribution in [0.25, 0.3) is 15.3 Å². The van der Waals surface area contributed by atoms with Crippen molar-refractivity contribution >= 4 is 56.5 Å². The van der Waals surface area contributed by atoms with E-state index in [0.29, 0.717) is 32.3 Å². The number of halogens is 2. The zero-order chi connectivity index (χ0) is 19.7. The molecule has 0 spiro atoms. The summed E-state index contributed by atoms with van der Waals surface area (Å²) in [5.41, 5.74) is 1.46. The monoisotopic (exact) mass is 432 g/mol. The Morgan fingerprint density at radius 2 is 2.00 bits per heavy atom. The summed E-state index contributed by atoms with van der Waals surface area (Å²) < 4.78 is 8.02. The van der Waals surface area contributed by atoms with Gasteiger partial charge in [-0.25, -0.2) is 4.98 Å². The molecule has 2 heterocycles. The molecule has 28 heavy (non-hydrogen) atoms. The summed E-state index contributed by atoms with van der Waals surface area (Å²) in [6.45, 7) is 1.70. The van der Waals surface area contributed by atoms with Gasteiger partial charge in [-0.15, -0.1) is 0 Å². The Bertz CT molecular complexity index is 1150. The first-order valence-electron chi connectivity index (χ1n) is 8.30. The molecule has 2 aromatic heterocycles. The van der Waals surface area contributed by atoms with Gasteiger partial charge in [0.05, 0.1) is 15.4 Å². The van der Waals surface area contributed by atoms with E-state index < -0.39 is 0 Å².